The van der Waals surface area contributed by atoms with Crippen LogP contribution in [0, 0.1) is 6.92 Å². The van der Waals surface area contributed by atoms with Crippen LogP contribution in [0.2, 0.25) is 5.02 Å². The lowest BCUT2D eigenvalue weighted by atomic mass is 10.2. The number of nitrogens with one attached hydrogen (secondary N) is 1. The standard InChI is InChI=1S/C14H11BrClN3O2S/c1-9-2-4-11(16)6-13(9)22(20,21)18-14-7-12-5-3-10(15)8-19(12)17-14/h2-8H,1H3,(H,17,18). The van der Waals surface area contributed by atoms with Crippen LogP contribution in [-0.2, 0) is 10.0 Å². The minimum atomic E-state index is -3.75. The summed E-state index contributed by atoms with van der Waals surface area (Å²) in [6.07, 6.45) is 1.75. The lowest BCUT2D eigenvalue weighted by molar-refractivity contribution is 0.600. The van der Waals surface area contributed by atoms with Gasteiger partial charge in [-0.05, 0) is 52.7 Å². The highest BCUT2D eigenvalue weighted by molar-refractivity contribution is 9.10. The summed E-state index contributed by atoms with van der Waals surface area (Å²) in [6, 6.07) is 10.1. The summed E-state index contributed by atoms with van der Waals surface area (Å²) in [5, 5.41) is 4.57. The molecule has 114 valence electrons. The molecule has 2 heterocycles. The second kappa shape index (κ2) is 5.57. The SMILES string of the molecule is Cc1ccc(Cl)cc1S(=O)(=O)Nc1cc2ccc(Br)cn2n1. The van der Waals surface area contributed by atoms with Gasteiger partial charge in [0.05, 0.1) is 10.4 Å². The number of nitrogens with zero attached hydrogens (tertiary/aromatic N) is 2. The Morgan fingerprint density at radius 3 is 2.77 bits per heavy atom. The second-order valence-electron chi connectivity index (χ2n) is 4.76. The second-order valence-corrected chi connectivity index (χ2v) is 7.76. The summed E-state index contributed by atoms with van der Waals surface area (Å²) in [5.41, 5.74) is 1.40. The molecule has 0 saturated carbocycles. The van der Waals surface area contributed by atoms with E-state index in [1.54, 1.807) is 35.8 Å². The fourth-order valence-electron chi connectivity index (χ4n) is 2.07. The maximum absolute atomic E-state index is 12.5. The third-order valence-electron chi connectivity index (χ3n) is 3.10. The van der Waals surface area contributed by atoms with Gasteiger partial charge in [0.25, 0.3) is 10.0 Å². The van der Waals surface area contributed by atoms with Crippen LogP contribution in [-0.4, -0.2) is 18.0 Å². The summed E-state index contributed by atoms with van der Waals surface area (Å²) >= 11 is 9.23. The van der Waals surface area contributed by atoms with E-state index in [-0.39, 0.29) is 10.7 Å². The first kappa shape index (κ1) is 15.3. The zero-order valence-electron chi connectivity index (χ0n) is 11.4. The first-order chi connectivity index (χ1) is 10.3. The van der Waals surface area contributed by atoms with Crippen molar-refractivity contribution in [1.29, 1.82) is 0 Å². The van der Waals surface area contributed by atoms with Crippen LogP contribution in [0.5, 0.6) is 0 Å². The molecular weight excluding hydrogens is 390 g/mol. The molecule has 0 aliphatic heterocycles. The van der Waals surface area contributed by atoms with E-state index in [1.807, 2.05) is 12.1 Å². The number of anilines is 1. The van der Waals surface area contributed by atoms with Crippen molar-refractivity contribution in [3.8, 4) is 0 Å². The third-order valence-corrected chi connectivity index (χ3v) is 5.30. The van der Waals surface area contributed by atoms with Gasteiger partial charge in [-0.25, -0.2) is 12.9 Å². The highest BCUT2D eigenvalue weighted by Crippen LogP contribution is 2.23. The molecule has 0 aliphatic rings. The summed E-state index contributed by atoms with van der Waals surface area (Å²) in [4.78, 5) is 0.137. The van der Waals surface area contributed by atoms with Gasteiger partial charge in [0.2, 0.25) is 0 Å². The highest BCUT2D eigenvalue weighted by atomic mass is 79.9. The fourth-order valence-corrected chi connectivity index (χ4v) is 3.89. The Bertz CT molecular complexity index is 969. The number of aromatic nitrogens is 2. The maximum Gasteiger partial charge on any atom is 0.263 e. The Hall–Kier alpha value is -1.57. The zero-order chi connectivity index (χ0) is 15.9. The molecular formula is C14H11BrClN3O2S. The summed E-state index contributed by atoms with van der Waals surface area (Å²) in [6.45, 7) is 1.71. The van der Waals surface area contributed by atoms with Gasteiger partial charge in [0.15, 0.2) is 5.82 Å². The molecule has 3 aromatic rings. The molecule has 0 atom stereocenters. The molecule has 0 fully saturated rings. The molecule has 22 heavy (non-hydrogen) atoms. The van der Waals surface area contributed by atoms with Crippen molar-refractivity contribution in [3.05, 3.63) is 57.7 Å². The van der Waals surface area contributed by atoms with E-state index in [2.05, 4.69) is 25.8 Å². The zero-order valence-corrected chi connectivity index (χ0v) is 14.6. The summed E-state index contributed by atoms with van der Waals surface area (Å²) < 4.78 is 29.9. The van der Waals surface area contributed by atoms with Gasteiger partial charge in [-0.1, -0.05) is 17.7 Å². The molecule has 0 radical (unpaired) electrons. The van der Waals surface area contributed by atoms with Crippen molar-refractivity contribution in [1.82, 2.24) is 9.61 Å². The molecule has 2 aromatic heterocycles. The molecule has 5 nitrogen and oxygen atoms in total. The number of pyridine rings is 1. The van der Waals surface area contributed by atoms with Crippen LogP contribution in [0.1, 0.15) is 5.56 Å². The van der Waals surface area contributed by atoms with Crippen molar-refractivity contribution < 1.29 is 8.42 Å². The number of aryl methyl sites for hydroxylation is 1. The molecule has 0 unspecified atom stereocenters. The minimum Gasteiger partial charge on any atom is -0.262 e. The van der Waals surface area contributed by atoms with Crippen molar-refractivity contribution in [2.24, 2.45) is 0 Å². The Morgan fingerprint density at radius 1 is 1.23 bits per heavy atom. The summed E-state index contributed by atoms with van der Waals surface area (Å²) in [5.74, 6) is 0.248. The molecule has 0 bridgehead atoms. The van der Waals surface area contributed by atoms with Gasteiger partial charge in [0, 0.05) is 21.8 Å². The van der Waals surface area contributed by atoms with E-state index in [0.717, 1.165) is 9.99 Å². The van der Waals surface area contributed by atoms with E-state index in [0.29, 0.717) is 10.6 Å². The number of rotatable bonds is 3. The molecule has 1 N–H and O–H groups in total. The van der Waals surface area contributed by atoms with Crippen LogP contribution in [0.15, 0.2) is 52.0 Å². The molecule has 0 saturated heterocycles. The maximum atomic E-state index is 12.5. The first-order valence-electron chi connectivity index (χ1n) is 6.29. The van der Waals surface area contributed by atoms with Crippen molar-refractivity contribution in [3.63, 3.8) is 0 Å². The molecule has 8 heteroatoms. The number of halogens is 2. The largest absolute Gasteiger partial charge is 0.263 e. The van der Waals surface area contributed by atoms with E-state index < -0.39 is 10.0 Å². The Labute approximate surface area is 141 Å². The molecule has 0 spiro atoms. The average Bonchev–Trinajstić information content (AvgIpc) is 2.81. The van der Waals surface area contributed by atoms with Crippen molar-refractivity contribution >= 4 is 48.9 Å². The Kier molecular flexibility index (Phi) is 3.88. The molecule has 0 amide bonds. The van der Waals surface area contributed by atoms with Gasteiger partial charge in [-0.15, -0.1) is 5.10 Å². The van der Waals surface area contributed by atoms with Gasteiger partial charge < -0.3 is 0 Å². The molecule has 1 aromatic carbocycles. The number of hydrogen-bond donors (Lipinski definition) is 1. The Balaban J connectivity index is 2.00. The van der Waals surface area contributed by atoms with E-state index in [4.69, 9.17) is 11.6 Å². The van der Waals surface area contributed by atoms with Crippen molar-refractivity contribution in [2.75, 3.05) is 4.72 Å². The number of benzene rings is 1. The third kappa shape index (κ3) is 2.97. The summed E-state index contributed by atoms with van der Waals surface area (Å²) in [7, 11) is -3.75. The van der Waals surface area contributed by atoms with Crippen molar-refractivity contribution in [2.45, 2.75) is 11.8 Å². The molecule has 0 aliphatic carbocycles. The number of hydrogen-bond acceptors (Lipinski definition) is 3. The quantitative estimate of drug-likeness (QED) is 0.726. The topological polar surface area (TPSA) is 63.5 Å². The van der Waals surface area contributed by atoms with E-state index >= 15 is 0 Å². The van der Waals surface area contributed by atoms with Gasteiger partial charge in [-0.3, -0.25) is 4.72 Å². The van der Waals surface area contributed by atoms with Crippen LogP contribution >= 0.6 is 27.5 Å². The monoisotopic (exact) mass is 399 g/mol. The number of fused-ring (bicyclic) bond motifs is 1. The van der Waals surface area contributed by atoms with Crippen LogP contribution in [0.4, 0.5) is 5.82 Å². The highest BCUT2D eigenvalue weighted by Gasteiger charge is 2.19. The normalized spacial score (nSPS) is 11.8. The average molecular weight is 401 g/mol. The number of sulfonamides is 1. The minimum absolute atomic E-state index is 0.137. The van der Waals surface area contributed by atoms with Crippen LogP contribution < -0.4 is 4.72 Å². The van der Waals surface area contributed by atoms with Crippen LogP contribution in [0.25, 0.3) is 5.52 Å². The Morgan fingerprint density at radius 2 is 2.00 bits per heavy atom. The lowest BCUT2D eigenvalue weighted by Gasteiger charge is -2.08. The van der Waals surface area contributed by atoms with E-state index in [1.165, 1.54) is 6.07 Å². The molecule has 3 rings (SSSR count). The first-order valence-corrected chi connectivity index (χ1v) is 8.94. The van der Waals surface area contributed by atoms with E-state index in [9.17, 15) is 8.42 Å². The smallest absolute Gasteiger partial charge is 0.262 e. The van der Waals surface area contributed by atoms with Crippen LogP contribution in [0.3, 0.4) is 0 Å². The fraction of sp³-hybridized carbons (Fsp3) is 0.0714. The lowest BCUT2D eigenvalue weighted by Crippen LogP contribution is -2.14. The van der Waals surface area contributed by atoms with Gasteiger partial charge in [0.1, 0.15) is 0 Å². The predicted octanol–water partition coefficient (Wildman–Crippen LogP) is 3.86. The predicted molar refractivity (Wildman–Crippen MR) is 89.9 cm³/mol. The van der Waals surface area contributed by atoms with Gasteiger partial charge in [-0.2, -0.15) is 0 Å². The van der Waals surface area contributed by atoms with Gasteiger partial charge >= 0.3 is 0 Å².